The second-order valence-corrected chi connectivity index (χ2v) is 10.1. The van der Waals surface area contributed by atoms with Crippen LogP contribution in [0.25, 0.3) is 0 Å². The summed E-state index contributed by atoms with van der Waals surface area (Å²) in [5.74, 6) is 0.176. The third-order valence-electron chi connectivity index (χ3n) is 6.38. The summed E-state index contributed by atoms with van der Waals surface area (Å²) >= 11 is 0. The molecule has 1 aromatic carbocycles. The lowest BCUT2D eigenvalue weighted by molar-refractivity contribution is 0.0135. The lowest BCUT2D eigenvalue weighted by Crippen LogP contribution is -2.18. The molecule has 0 saturated heterocycles. The van der Waals surface area contributed by atoms with Gasteiger partial charge in [-0.1, -0.05) is 84.8 Å². The molecule has 0 aliphatic rings. The molecule has 0 bridgehead atoms. The smallest absolute Gasteiger partial charge is 0.339 e. The minimum Gasteiger partial charge on any atom is -0.460 e. The molecule has 0 amide bonds. The summed E-state index contributed by atoms with van der Waals surface area (Å²) in [5.41, 5.74) is 0.367. The Bertz CT molecular complexity index is 735. The summed E-state index contributed by atoms with van der Waals surface area (Å²) in [5, 5.41) is 0. The molecule has 0 heterocycles. The van der Waals surface area contributed by atoms with Crippen molar-refractivity contribution in [2.75, 3.05) is 52.9 Å². The molecule has 38 heavy (non-hydrogen) atoms. The number of esters is 2. The largest absolute Gasteiger partial charge is 0.460 e. The van der Waals surface area contributed by atoms with Crippen molar-refractivity contribution in [1.29, 1.82) is 0 Å². The average molecular weight is 537 g/mol. The number of carbonyl (C=O) groups is 2. The standard InChI is InChI=1S/C31H52O7/c1-5-7-15-27(6-2)25-36-22-24-38-31(33)29-17-12-11-16-28(29)30(32)37-23-21-35-20-19-34-18-13-9-8-10-14-26(3)4/h11-12,16-17,26-27H,5-10,13-15,18-25H2,1-4H3. The van der Waals surface area contributed by atoms with Crippen LogP contribution in [-0.2, 0) is 23.7 Å². The van der Waals surface area contributed by atoms with Crippen LogP contribution in [0.5, 0.6) is 0 Å². The number of unbranched alkanes of at least 4 members (excludes halogenated alkanes) is 4. The van der Waals surface area contributed by atoms with Gasteiger partial charge in [0.15, 0.2) is 0 Å². The third kappa shape index (κ3) is 16.8. The van der Waals surface area contributed by atoms with E-state index in [0.29, 0.717) is 32.3 Å². The van der Waals surface area contributed by atoms with E-state index in [1.807, 2.05) is 0 Å². The van der Waals surface area contributed by atoms with Crippen molar-refractivity contribution >= 4 is 11.9 Å². The second-order valence-electron chi connectivity index (χ2n) is 10.1. The normalized spacial score (nSPS) is 12.0. The molecule has 0 fully saturated rings. The fourth-order valence-corrected chi connectivity index (χ4v) is 3.96. The van der Waals surface area contributed by atoms with Crippen molar-refractivity contribution in [3.63, 3.8) is 0 Å². The molecule has 0 spiro atoms. The Kier molecular flexibility index (Phi) is 20.6. The van der Waals surface area contributed by atoms with E-state index in [4.69, 9.17) is 23.7 Å². The molecule has 0 N–H and O–H groups in total. The van der Waals surface area contributed by atoms with Crippen molar-refractivity contribution in [3.8, 4) is 0 Å². The van der Waals surface area contributed by atoms with Crippen LogP contribution in [0.1, 0.15) is 106 Å². The first-order valence-electron chi connectivity index (χ1n) is 14.7. The predicted octanol–water partition coefficient (Wildman–Crippen LogP) is 6.87. The molecule has 0 saturated carbocycles. The summed E-state index contributed by atoms with van der Waals surface area (Å²) in [7, 11) is 0. The van der Waals surface area contributed by atoms with Crippen LogP contribution in [-0.4, -0.2) is 64.8 Å². The van der Waals surface area contributed by atoms with Crippen LogP contribution in [0.2, 0.25) is 0 Å². The van der Waals surface area contributed by atoms with E-state index in [0.717, 1.165) is 31.8 Å². The van der Waals surface area contributed by atoms with Gasteiger partial charge in [-0.3, -0.25) is 0 Å². The van der Waals surface area contributed by atoms with E-state index >= 15 is 0 Å². The molecule has 1 aromatic rings. The summed E-state index contributed by atoms with van der Waals surface area (Å²) in [4.78, 5) is 25.1. The molecule has 0 aliphatic carbocycles. The van der Waals surface area contributed by atoms with Crippen LogP contribution < -0.4 is 0 Å². The Hall–Kier alpha value is -1.96. The zero-order chi connectivity index (χ0) is 27.8. The van der Waals surface area contributed by atoms with E-state index < -0.39 is 11.9 Å². The van der Waals surface area contributed by atoms with Gasteiger partial charge < -0.3 is 23.7 Å². The Morgan fingerprint density at radius 1 is 0.658 bits per heavy atom. The lowest BCUT2D eigenvalue weighted by atomic mass is 10.0. The van der Waals surface area contributed by atoms with Crippen molar-refractivity contribution in [1.82, 2.24) is 0 Å². The minimum absolute atomic E-state index is 0.0997. The second kappa shape index (κ2) is 23.0. The SMILES string of the molecule is CCCCC(CC)COCCOC(=O)c1ccccc1C(=O)OCCOCCOCCCCCCC(C)C. The summed E-state index contributed by atoms with van der Waals surface area (Å²) in [6, 6.07) is 6.51. The molecule has 7 nitrogen and oxygen atoms in total. The van der Waals surface area contributed by atoms with Gasteiger partial charge in [-0.25, -0.2) is 9.59 Å². The maximum Gasteiger partial charge on any atom is 0.339 e. The Balaban J connectivity index is 2.18. The highest BCUT2D eigenvalue weighted by molar-refractivity contribution is 6.03. The first-order chi connectivity index (χ1) is 18.5. The zero-order valence-electron chi connectivity index (χ0n) is 24.3. The monoisotopic (exact) mass is 536 g/mol. The molecule has 1 unspecified atom stereocenters. The molecule has 0 aliphatic heterocycles. The molecule has 1 rings (SSSR count). The van der Waals surface area contributed by atoms with Gasteiger partial charge >= 0.3 is 11.9 Å². The lowest BCUT2D eigenvalue weighted by Gasteiger charge is -2.15. The van der Waals surface area contributed by atoms with Gasteiger partial charge in [0.05, 0.1) is 37.6 Å². The first kappa shape index (κ1) is 34.1. The molecule has 218 valence electrons. The van der Waals surface area contributed by atoms with Gasteiger partial charge in [0.2, 0.25) is 0 Å². The molecule has 1 atom stereocenters. The molecular formula is C31H52O7. The quantitative estimate of drug-likeness (QED) is 0.105. The van der Waals surface area contributed by atoms with Crippen LogP contribution >= 0.6 is 0 Å². The fourth-order valence-electron chi connectivity index (χ4n) is 3.96. The van der Waals surface area contributed by atoms with Crippen molar-refractivity contribution in [2.45, 2.75) is 85.5 Å². The number of rotatable bonds is 24. The van der Waals surface area contributed by atoms with Crippen LogP contribution in [0.4, 0.5) is 0 Å². The number of carbonyl (C=O) groups excluding carboxylic acids is 2. The molecular weight excluding hydrogens is 484 g/mol. The van der Waals surface area contributed by atoms with Crippen LogP contribution in [0.15, 0.2) is 24.3 Å². The Morgan fingerprint density at radius 2 is 1.21 bits per heavy atom. The van der Waals surface area contributed by atoms with Gasteiger partial charge in [0, 0.05) is 13.2 Å². The van der Waals surface area contributed by atoms with Gasteiger partial charge in [-0.15, -0.1) is 0 Å². The number of hydrogen-bond donors (Lipinski definition) is 0. The first-order valence-corrected chi connectivity index (χ1v) is 14.7. The summed E-state index contributed by atoms with van der Waals surface area (Å²) in [6.45, 7) is 12.1. The molecule has 0 aromatic heterocycles. The summed E-state index contributed by atoms with van der Waals surface area (Å²) in [6.07, 6.45) is 10.7. The average Bonchev–Trinajstić information content (AvgIpc) is 2.92. The number of benzene rings is 1. The van der Waals surface area contributed by atoms with E-state index in [2.05, 4.69) is 27.7 Å². The number of ether oxygens (including phenoxy) is 5. The van der Waals surface area contributed by atoms with E-state index in [1.54, 1.807) is 24.3 Å². The zero-order valence-corrected chi connectivity index (χ0v) is 24.3. The maximum atomic E-state index is 12.5. The topological polar surface area (TPSA) is 80.3 Å². The summed E-state index contributed by atoms with van der Waals surface area (Å²) < 4.78 is 27.4. The highest BCUT2D eigenvalue weighted by Gasteiger charge is 2.19. The highest BCUT2D eigenvalue weighted by atomic mass is 16.6. The third-order valence-corrected chi connectivity index (χ3v) is 6.38. The van der Waals surface area contributed by atoms with Gasteiger partial charge in [-0.05, 0) is 36.8 Å². The van der Waals surface area contributed by atoms with Crippen molar-refractivity contribution < 1.29 is 33.3 Å². The van der Waals surface area contributed by atoms with Gasteiger partial charge in [0.25, 0.3) is 0 Å². The fraction of sp³-hybridized carbons (Fsp3) is 0.742. The van der Waals surface area contributed by atoms with Crippen molar-refractivity contribution in [3.05, 3.63) is 35.4 Å². The molecule has 7 heteroatoms. The van der Waals surface area contributed by atoms with Crippen LogP contribution in [0.3, 0.4) is 0 Å². The van der Waals surface area contributed by atoms with E-state index in [-0.39, 0.29) is 30.9 Å². The minimum atomic E-state index is -0.576. The van der Waals surface area contributed by atoms with E-state index in [1.165, 1.54) is 38.5 Å². The van der Waals surface area contributed by atoms with Crippen LogP contribution in [0, 0.1) is 11.8 Å². The maximum absolute atomic E-state index is 12.5. The Labute approximate surface area is 230 Å². The highest BCUT2D eigenvalue weighted by Crippen LogP contribution is 2.14. The van der Waals surface area contributed by atoms with E-state index in [9.17, 15) is 9.59 Å². The number of hydrogen-bond acceptors (Lipinski definition) is 7. The van der Waals surface area contributed by atoms with Crippen molar-refractivity contribution in [2.24, 2.45) is 11.8 Å². The predicted molar refractivity (Wildman–Crippen MR) is 151 cm³/mol. The molecule has 0 radical (unpaired) electrons. The Morgan fingerprint density at radius 3 is 1.79 bits per heavy atom. The van der Waals surface area contributed by atoms with Gasteiger partial charge in [-0.2, -0.15) is 0 Å². The van der Waals surface area contributed by atoms with Gasteiger partial charge in [0.1, 0.15) is 13.2 Å².